The van der Waals surface area contributed by atoms with Crippen LogP contribution in [0.3, 0.4) is 0 Å². The van der Waals surface area contributed by atoms with Crippen molar-refractivity contribution in [3.63, 3.8) is 0 Å². The van der Waals surface area contributed by atoms with Crippen molar-refractivity contribution < 1.29 is 26.4 Å². The molecule has 1 spiro atoms. The molecule has 2 fully saturated rings. The smallest absolute Gasteiger partial charge is 0.340 e. The number of anilines is 2. The molecule has 0 aromatic heterocycles. The van der Waals surface area contributed by atoms with E-state index in [1.54, 1.807) is 0 Å². The third-order valence-electron chi connectivity index (χ3n) is 9.52. The fraction of sp³-hybridized carbons (Fsp3) is 0.367. The number of esters is 1. The predicted octanol–water partition coefficient (Wildman–Crippen LogP) is 1.75. The highest BCUT2D eigenvalue weighted by Crippen LogP contribution is 2.49. The first kappa shape index (κ1) is 26.7. The summed E-state index contributed by atoms with van der Waals surface area (Å²) >= 11 is 0. The second-order valence-corrected chi connectivity index (χ2v) is 21.4. The highest BCUT2D eigenvalue weighted by molar-refractivity contribution is 7.91. The van der Waals surface area contributed by atoms with Crippen LogP contribution in [0, 0.1) is 0 Å². The molecule has 4 aliphatic rings. The van der Waals surface area contributed by atoms with Gasteiger partial charge in [-0.05, 0) is 40.7 Å². The van der Waals surface area contributed by atoms with Crippen LogP contribution in [0.25, 0.3) is 0 Å². The van der Waals surface area contributed by atoms with Gasteiger partial charge in [-0.15, -0.1) is 0 Å². The zero-order chi connectivity index (χ0) is 29.1. The van der Waals surface area contributed by atoms with E-state index in [4.69, 9.17) is 4.74 Å². The van der Waals surface area contributed by atoms with Gasteiger partial charge in [0.15, 0.2) is 25.3 Å². The van der Waals surface area contributed by atoms with E-state index in [-0.39, 0.29) is 16.5 Å². The second kappa shape index (κ2) is 8.45. The van der Waals surface area contributed by atoms with Gasteiger partial charge >= 0.3 is 5.97 Å². The monoisotopic (exact) mass is 608 g/mol. The first-order chi connectivity index (χ1) is 19.2. The Kier molecular flexibility index (Phi) is 5.51. The number of carbonyl (C=O) groups is 1. The molecular weight excluding hydrogens is 577 g/mol. The number of fused-ring (bicyclic) bond motifs is 6. The molecule has 0 aliphatic carbocycles. The van der Waals surface area contributed by atoms with Crippen molar-refractivity contribution in [2.24, 2.45) is 0 Å². The molecule has 0 amide bonds. The summed E-state index contributed by atoms with van der Waals surface area (Å²) in [6.45, 7) is 6.41. The molecule has 41 heavy (non-hydrogen) atoms. The molecular formula is C30H32N2O6S2Si. The summed E-state index contributed by atoms with van der Waals surface area (Å²) in [5.41, 5.74) is 4.13. The minimum Gasteiger partial charge on any atom is -0.441 e. The Morgan fingerprint density at radius 1 is 0.732 bits per heavy atom. The van der Waals surface area contributed by atoms with E-state index in [1.165, 1.54) is 12.5 Å². The van der Waals surface area contributed by atoms with Crippen LogP contribution in [-0.4, -0.2) is 80.1 Å². The molecule has 7 rings (SSSR count). The van der Waals surface area contributed by atoms with Crippen molar-refractivity contribution in [1.82, 2.24) is 0 Å². The van der Waals surface area contributed by atoms with Crippen molar-refractivity contribution in [2.75, 3.05) is 48.5 Å². The lowest BCUT2D eigenvalue weighted by atomic mass is 9.79. The fourth-order valence-corrected chi connectivity index (χ4v) is 11.8. The van der Waals surface area contributed by atoms with Crippen molar-refractivity contribution in [2.45, 2.75) is 29.2 Å². The fourth-order valence-electron chi connectivity index (χ4n) is 6.85. The lowest BCUT2D eigenvalue weighted by Crippen LogP contribution is -2.64. The Labute approximate surface area is 241 Å². The molecule has 4 heterocycles. The Hall–Kier alpha value is -3.15. The summed E-state index contributed by atoms with van der Waals surface area (Å²) < 4.78 is 54.7. The lowest BCUT2D eigenvalue weighted by Gasteiger charge is -2.46. The van der Waals surface area contributed by atoms with Gasteiger partial charge in [0.25, 0.3) is 0 Å². The van der Waals surface area contributed by atoms with Crippen molar-refractivity contribution in [3.8, 4) is 0 Å². The molecule has 0 atom stereocenters. The van der Waals surface area contributed by atoms with E-state index in [9.17, 15) is 21.6 Å². The SMILES string of the molecule is C[Si]1(C)c2cc(N3CC(S(C)(=O)=O)C3)ccc2C2(OC(=O)c3ccccc32)c2ccc(N3CC(S(C)(=O)=O)C3)cc21. The van der Waals surface area contributed by atoms with E-state index >= 15 is 0 Å². The average molecular weight is 609 g/mol. The molecule has 11 heteroatoms. The Morgan fingerprint density at radius 3 is 1.66 bits per heavy atom. The minimum absolute atomic E-state index is 0.357. The third kappa shape index (κ3) is 3.78. The number of carbonyl (C=O) groups excluding carboxylic acids is 1. The largest absolute Gasteiger partial charge is 0.441 e. The van der Waals surface area contributed by atoms with Crippen molar-refractivity contribution >= 4 is 55.5 Å². The predicted molar refractivity (Wildman–Crippen MR) is 163 cm³/mol. The molecule has 2 saturated heterocycles. The topological polar surface area (TPSA) is 101 Å². The zero-order valence-corrected chi connectivity index (χ0v) is 26.1. The maximum Gasteiger partial charge on any atom is 0.340 e. The number of nitrogens with zero attached hydrogens (tertiary/aromatic N) is 2. The van der Waals surface area contributed by atoms with Crippen LogP contribution in [0.5, 0.6) is 0 Å². The first-order valence-corrected chi connectivity index (χ1v) is 20.6. The number of ether oxygens (including phenoxy) is 1. The van der Waals surface area contributed by atoms with Gasteiger partial charge in [-0.2, -0.15) is 0 Å². The number of benzene rings is 3. The molecule has 214 valence electrons. The molecule has 8 nitrogen and oxygen atoms in total. The summed E-state index contributed by atoms with van der Waals surface area (Å²) in [5, 5.41) is 1.55. The summed E-state index contributed by atoms with van der Waals surface area (Å²) in [5.74, 6) is -0.357. The Morgan fingerprint density at radius 2 is 1.20 bits per heavy atom. The summed E-state index contributed by atoms with van der Waals surface area (Å²) in [4.78, 5) is 17.5. The molecule has 0 N–H and O–H groups in total. The highest BCUT2D eigenvalue weighted by atomic mass is 32.2. The van der Waals surface area contributed by atoms with Crippen LogP contribution in [-0.2, 0) is 30.0 Å². The van der Waals surface area contributed by atoms with Gasteiger partial charge in [0.05, 0.1) is 16.1 Å². The van der Waals surface area contributed by atoms with E-state index in [2.05, 4.69) is 47.2 Å². The van der Waals surface area contributed by atoms with Crippen LogP contribution in [0.2, 0.25) is 13.1 Å². The molecule has 3 aromatic rings. The van der Waals surface area contributed by atoms with Crippen LogP contribution in [0.4, 0.5) is 11.4 Å². The minimum atomic E-state index is -3.10. The van der Waals surface area contributed by atoms with Gasteiger partial charge in [0.1, 0.15) is 8.07 Å². The summed E-state index contributed by atoms with van der Waals surface area (Å²) in [6, 6.07) is 20.1. The van der Waals surface area contributed by atoms with Gasteiger partial charge in [-0.1, -0.05) is 43.4 Å². The molecule has 0 radical (unpaired) electrons. The maximum atomic E-state index is 13.3. The van der Waals surface area contributed by atoms with Gasteiger partial charge < -0.3 is 14.5 Å². The second-order valence-electron chi connectivity index (χ2n) is 12.4. The average Bonchev–Trinajstić information content (AvgIpc) is 3.13. The van der Waals surface area contributed by atoms with E-state index < -0.39 is 33.3 Å². The van der Waals surface area contributed by atoms with Crippen LogP contribution >= 0.6 is 0 Å². The maximum absolute atomic E-state index is 13.3. The quantitative estimate of drug-likeness (QED) is 0.326. The van der Waals surface area contributed by atoms with Crippen LogP contribution in [0.15, 0.2) is 60.7 Å². The van der Waals surface area contributed by atoms with Gasteiger partial charge in [-0.3, -0.25) is 0 Å². The van der Waals surface area contributed by atoms with Crippen LogP contribution in [0.1, 0.15) is 27.0 Å². The van der Waals surface area contributed by atoms with Crippen LogP contribution < -0.4 is 20.2 Å². The molecule has 4 aliphatic heterocycles. The number of rotatable bonds is 4. The zero-order valence-electron chi connectivity index (χ0n) is 23.4. The molecule has 3 aromatic carbocycles. The Bertz CT molecular complexity index is 1760. The third-order valence-corrected chi connectivity index (χ3v) is 16.1. The van der Waals surface area contributed by atoms with Crippen molar-refractivity contribution in [1.29, 1.82) is 0 Å². The standard InChI is InChI=1S/C30H32N2O6S2Si/c1-39(34,35)21-15-31(16-21)19-9-11-25-27(13-19)41(3,4)28-14-20(32-17-22(18-32)40(2,36)37)10-12-26(28)30(25)24-8-6-5-7-23(24)29(33)38-30/h5-14,21-22H,15-18H2,1-4H3. The molecule has 0 saturated carbocycles. The van der Waals surface area contributed by atoms with Crippen molar-refractivity contribution in [3.05, 3.63) is 82.9 Å². The highest BCUT2D eigenvalue weighted by Gasteiger charge is 2.56. The number of hydrogen-bond donors (Lipinski definition) is 0. The van der Waals surface area contributed by atoms with E-state index in [0.29, 0.717) is 31.7 Å². The van der Waals surface area contributed by atoms with Gasteiger partial charge in [0.2, 0.25) is 0 Å². The lowest BCUT2D eigenvalue weighted by molar-refractivity contribution is 0.0255. The van der Waals surface area contributed by atoms with E-state index in [0.717, 1.165) is 38.4 Å². The number of sulfone groups is 2. The first-order valence-electron chi connectivity index (χ1n) is 13.7. The summed E-state index contributed by atoms with van der Waals surface area (Å²) in [7, 11) is -8.59. The normalized spacial score (nSPS) is 21.0. The number of hydrogen-bond acceptors (Lipinski definition) is 8. The molecule has 0 bridgehead atoms. The molecule has 0 unspecified atom stereocenters. The van der Waals surface area contributed by atoms with Gasteiger partial charge in [0, 0.05) is 66.8 Å². The summed E-state index contributed by atoms with van der Waals surface area (Å²) in [6.07, 6.45) is 2.58. The van der Waals surface area contributed by atoms with Gasteiger partial charge in [-0.25, -0.2) is 21.6 Å². The van der Waals surface area contributed by atoms with E-state index in [1.807, 2.05) is 36.4 Å². The Balaban J connectivity index is 1.39.